The highest BCUT2D eigenvalue weighted by molar-refractivity contribution is 7.89. The van der Waals surface area contributed by atoms with E-state index in [2.05, 4.69) is 6.08 Å². The fraction of sp³-hybridized carbons (Fsp3) is 0.389. The fourth-order valence-corrected chi connectivity index (χ4v) is 4.56. The van der Waals surface area contributed by atoms with Gasteiger partial charge in [-0.3, -0.25) is 0 Å². The maximum absolute atomic E-state index is 14.0. The minimum absolute atomic E-state index is 0.276. The predicted molar refractivity (Wildman–Crippen MR) is 97.6 cm³/mol. The molecule has 1 aromatic rings. The molecule has 0 aliphatic heterocycles. The highest BCUT2D eigenvalue weighted by Gasteiger charge is 2.26. The van der Waals surface area contributed by atoms with Gasteiger partial charge in [0.05, 0.1) is 0 Å². The Hall–Kier alpha value is -1.37. The molecule has 24 heavy (non-hydrogen) atoms. The number of nitrogens with two attached hydrogens (primary N) is 1. The van der Waals surface area contributed by atoms with E-state index in [0.29, 0.717) is 11.5 Å². The van der Waals surface area contributed by atoms with Crippen LogP contribution in [0.4, 0.5) is 4.39 Å². The maximum atomic E-state index is 14.0. The van der Waals surface area contributed by atoms with Gasteiger partial charge in [-0.1, -0.05) is 49.7 Å². The Morgan fingerprint density at radius 3 is 2.46 bits per heavy atom. The average molecular weight is 365 g/mol. The van der Waals surface area contributed by atoms with Crippen molar-refractivity contribution in [1.29, 1.82) is 0 Å². The van der Waals surface area contributed by atoms with Crippen LogP contribution in [0.3, 0.4) is 0 Å². The molecular weight excluding hydrogens is 345 g/mol. The van der Waals surface area contributed by atoms with Crippen LogP contribution in [0.5, 0.6) is 0 Å². The summed E-state index contributed by atoms with van der Waals surface area (Å²) in [6.07, 6.45) is 12.2. The van der Waals surface area contributed by atoms with Crippen molar-refractivity contribution >= 4 is 32.7 Å². The van der Waals surface area contributed by atoms with Crippen molar-refractivity contribution in [2.45, 2.75) is 37.0 Å². The summed E-state index contributed by atoms with van der Waals surface area (Å²) in [6.45, 7) is 0. The van der Waals surface area contributed by atoms with Gasteiger partial charge in [0.15, 0.2) is 0 Å². The zero-order chi connectivity index (χ0) is 17.3. The summed E-state index contributed by atoms with van der Waals surface area (Å²) in [5.74, 6) is 0.0315. The van der Waals surface area contributed by atoms with E-state index in [1.165, 1.54) is 44.2 Å². The topological polar surface area (TPSA) is 60.2 Å². The van der Waals surface area contributed by atoms with E-state index in [-0.39, 0.29) is 5.92 Å². The Morgan fingerprint density at radius 1 is 1.17 bits per heavy atom. The lowest BCUT2D eigenvalue weighted by Gasteiger charge is -2.30. The van der Waals surface area contributed by atoms with Crippen LogP contribution in [0.1, 0.15) is 37.7 Å². The van der Waals surface area contributed by atoms with Gasteiger partial charge >= 0.3 is 0 Å². The fourth-order valence-electron chi connectivity index (χ4n) is 3.57. The molecule has 2 N–H and O–H groups in total. The number of benzene rings is 1. The molecule has 0 heterocycles. The summed E-state index contributed by atoms with van der Waals surface area (Å²) in [6, 6.07) is 3.95. The molecule has 0 aromatic heterocycles. The lowest BCUT2D eigenvalue weighted by molar-refractivity contribution is 0.330. The summed E-state index contributed by atoms with van der Waals surface area (Å²) in [7, 11) is -4.05. The molecule has 3 rings (SSSR count). The number of primary sulfonamides is 1. The molecule has 0 spiro atoms. The standard InChI is InChI=1S/C18H20FNO2S2/c19-16-10-13(7-9-18(16)24(20,21)22)14-6-8-15(17(23)11-14)12-4-2-1-3-5-12/h6-12,15H,1-5H2,(H2,20,21,22). The van der Waals surface area contributed by atoms with Crippen LogP contribution >= 0.6 is 12.2 Å². The first-order valence-corrected chi connectivity index (χ1v) is 10.1. The molecule has 0 bridgehead atoms. The molecule has 2 aliphatic rings. The largest absolute Gasteiger partial charge is 0.240 e. The Balaban J connectivity index is 1.83. The minimum Gasteiger partial charge on any atom is -0.225 e. The highest BCUT2D eigenvalue weighted by Crippen LogP contribution is 2.35. The van der Waals surface area contributed by atoms with E-state index in [1.807, 2.05) is 12.2 Å². The number of halogens is 1. The van der Waals surface area contributed by atoms with Crippen LogP contribution < -0.4 is 5.14 Å². The first kappa shape index (κ1) is 17.5. The second-order valence-corrected chi connectivity index (χ2v) is 8.48. The first-order chi connectivity index (χ1) is 11.4. The monoisotopic (exact) mass is 365 g/mol. The van der Waals surface area contributed by atoms with Crippen molar-refractivity contribution in [3.05, 3.63) is 47.8 Å². The molecule has 0 amide bonds. The number of hydrogen-bond acceptors (Lipinski definition) is 3. The third-order valence-corrected chi connectivity index (χ3v) is 6.17. The molecule has 1 aromatic carbocycles. The zero-order valence-electron chi connectivity index (χ0n) is 13.2. The zero-order valence-corrected chi connectivity index (χ0v) is 14.9. The molecule has 1 fully saturated rings. The highest BCUT2D eigenvalue weighted by atomic mass is 32.2. The molecule has 128 valence electrons. The molecule has 1 saturated carbocycles. The molecule has 6 heteroatoms. The van der Waals surface area contributed by atoms with Gasteiger partial charge in [0.25, 0.3) is 0 Å². The van der Waals surface area contributed by atoms with E-state index in [4.69, 9.17) is 17.4 Å². The Kier molecular flexibility index (Phi) is 4.99. The van der Waals surface area contributed by atoms with Crippen LogP contribution in [-0.4, -0.2) is 13.3 Å². The van der Waals surface area contributed by atoms with Gasteiger partial charge in [-0.25, -0.2) is 17.9 Å². The summed E-state index contributed by atoms with van der Waals surface area (Å²) in [5.41, 5.74) is 1.40. The summed E-state index contributed by atoms with van der Waals surface area (Å²) >= 11 is 5.57. The molecule has 0 saturated heterocycles. The summed E-state index contributed by atoms with van der Waals surface area (Å²) in [4.78, 5) is 0.379. The molecule has 0 radical (unpaired) electrons. The van der Waals surface area contributed by atoms with Gasteiger partial charge in [0.1, 0.15) is 10.7 Å². The second kappa shape index (κ2) is 6.86. The van der Waals surface area contributed by atoms with Crippen LogP contribution in [0.15, 0.2) is 41.3 Å². The molecule has 1 unspecified atom stereocenters. The van der Waals surface area contributed by atoms with Crippen LogP contribution in [0.25, 0.3) is 5.57 Å². The third kappa shape index (κ3) is 3.66. The predicted octanol–water partition coefficient (Wildman–Crippen LogP) is 3.99. The van der Waals surface area contributed by atoms with Gasteiger partial charge in [0, 0.05) is 10.8 Å². The normalized spacial score (nSPS) is 22.5. The van der Waals surface area contributed by atoms with Gasteiger partial charge < -0.3 is 0 Å². The first-order valence-electron chi connectivity index (χ1n) is 8.13. The number of rotatable bonds is 3. The Morgan fingerprint density at radius 2 is 1.88 bits per heavy atom. The van der Waals surface area contributed by atoms with Gasteiger partial charge in [-0.2, -0.15) is 0 Å². The van der Waals surface area contributed by atoms with E-state index in [9.17, 15) is 12.8 Å². The second-order valence-electron chi connectivity index (χ2n) is 6.48. The number of sulfonamides is 1. The maximum Gasteiger partial charge on any atom is 0.240 e. The van der Waals surface area contributed by atoms with Crippen molar-refractivity contribution in [2.75, 3.05) is 0 Å². The lowest BCUT2D eigenvalue weighted by Crippen LogP contribution is -2.23. The SMILES string of the molecule is NS(=O)(=O)c1ccc(C2=CC(=S)C(C3CCCCC3)C=C2)cc1F. The molecule has 3 nitrogen and oxygen atoms in total. The summed E-state index contributed by atoms with van der Waals surface area (Å²) < 4.78 is 36.6. The van der Waals surface area contributed by atoms with E-state index in [1.54, 1.807) is 6.07 Å². The summed E-state index contributed by atoms with van der Waals surface area (Å²) in [5, 5.41) is 4.99. The Labute approximate surface area is 147 Å². The van der Waals surface area contributed by atoms with Crippen LogP contribution in [0.2, 0.25) is 0 Å². The van der Waals surface area contributed by atoms with Gasteiger partial charge in [0.2, 0.25) is 10.0 Å². The van der Waals surface area contributed by atoms with E-state index < -0.39 is 20.7 Å². The van der Waals surface area contributed by atoms with Crippen molar-refractivity contribution in [3.63, 3.8) is 0 Å². The van der Waals surface area contributed by atoms with Gasteiger partial charge in [-0.15, -0.1) is 0 Å². The molecule has 2 aliphatic carbocycles. The van der Waals surface area contributed by atoms with E-state index in [0.717, 1.165) is 10.4 Å². The molecular formula is C18H20FNO2S2. The van der Waals surface area contributed by atoms with Crippen LogP contribution in [-0.2, 0) is 10.0 Å². The van der Waals surface area contributed by atoms with Crippen LogP contribution in [0, 0.1) is 17.7 Å². The molecule has 1 atom stereocenters. The Bertz CT molecular complexity index is 821. The third-order valence-electron chi connectivity index (χ3n) is 4.84. The number of hydrogen-bond donors (Lipinski definition) is 1. The van der Waals surface area contributed by atoms with Crippen molar-refractivity contribution < 1.29 is 12.8 Å². The van der Waals surface area contributed by atoms with Crippen molar-refractivity contribution in [1.82, 2.24) is 0 Å². The van der Waals surface area contributed by atoms with Gasteiger partial charge in [-0.05, 0) is 48.1 Å². The minimum atomic E-state index is -4.05. The average Bonchev–Trinajstić information content (AvgIpc) is 2.54. The number of thiocarbonyl (C=S) groups is 1. The quantitative estimate of drug-likeness (QED) is 0.824. The smallest absolute Gasteiger partial charge is 0.225 e. The lowest BCUT2D eigenvalue weighted by atomic mass is 9.76. The number of allylic oxidation sites excluding steroid dienone is 4. The van der Waals surface area contributed by atoms with E-state index >= 15 is 0 Å². The van der Waals surface area contributed by atoms with Crippen molar-refractivity contribution in [2.24, 2.45) is 17.0 Å². The van der Waals surface area contributed by atoms with Crippen molar-refractivity contribution in [3.8, 4) is 0 Å².